The summed E-state index contributed by atoms with van der Waals surface area (Å²) in [5, 5.41) is 7.17. The summed E-state index contributed by atoms with van der Waals surface area (Å²) < 4.78 is 1.53. The lowest BCUT2D eigenvalue weighted by molar-refractivity contribution is -0.124. The van der Waals surface area contributed by atoms with Crippen LogP contribution < -0.4 is 11.1 Å². The number of carbonyl (C=O) groups excluding carboxylic acids is 2. The minimum atomic E-state index is -1.26. The van der Waals surface area contributed by atoms with Crippen molar-refractivity contribution in [1.29, 1.82) is 0 Å². The number of aromatic nitrogens is 2. The second kappa shape index (κ2) is 6.19. The fourth-order valence-corrected chi connectivity index (χ4v) is 2.13. The standard InChI is InChI=1S/C15H17ClN4O2/c1-10-4-5-11(8-12(10)16)13(21)19-15(2,14(17)22)9-20-7-3-6-18-20/h3-8H,9H2,1-2H3,(H2,17,22)(H,19,21). The molecule has 7 heteroatoms. The lowest BCUT2D eigenvalue weighted by Crippen LogP contribution is -2.57. The maximum atomic E-state index is 12.3. The molecular weight excluding hydrogens is 304 g/mol. The van der Waals surface area contributed by atoms with Gasteiger partial charge in [-0.15, -0.1) is 0 Å². The fraction of sp³-hybridized carbons (Fsp3) is 0.267. The molecule has 1 aromatic carbocycles. The Labute approximate surface area is 133 Å². The number of rotatable bonds is 5. The van der Waals surface area contributed by atoms with Gasteiger partial charge < -0.3 is 11.1 Å². The van der Waals surface area contributed by atoms with Gasteiger partial charge in [0.05, 0.1) is 6.54 Å². The number of hydrogen-bond donors (Lipinski definition) is 2. The van der Waals surface area contributed by atoms with Crippen LogP contribution in [0.1, 0.15) is 22.8 Å². The van der Waals surface area contributed by atoms with E-state index in [1.165, 1.54) is 4.68 Å². The quantitative estimate of drug-likeness (QED) is 0.875. The summed E-state index contributed by atoms with van der Waals surface area (Å²) in [5.41, 5.74) is 5.42. The number of hydrogen-bond acceptors (Lipinski definition) is 3. The van der Waals surface area contributed by atoms with E-state index >= 15 is 0 Å². The highest BCUT2D eigenvalue weighted by Crippen LogP contribution is 2.17. The van der Waals surface area contributed by atoms with Gasteiger partial charge in [-0.3, -0.25) is 14.3 Å². The molecule has 0 spiro atoms. The van der Waals surface area contributed by atoms with Crippen LogP contribution in [0.3, 0.4) is 0 Å². The predicted molar refractivity (Wildman–Crippen MR) is 83.5 cm³/mol. The molecule has 116 valence electrons. The van der Waals surface area contributed by atoms with Crippen LogP contribution in [0.5, 0.6) is 0 Å². The molecular formula is C15H17ClN4O2. The van der Waals surface area contributed by atoms with Crippen molar-refractivity contribution >= 4 is 23.4 Å². The highest BCUT2D eigenvalue weighted by molar-refractivity contribution is 6.31. The van der Waals surface area contributed by atoms with Crippen LogP contribution >= 0.6 is 11.6 Å². The van der Waals surface area contributed by atoms with Crippen LogP contribution in [0.4, 0.5) is 0 Å². The normalized spacial score (nSPS) is 13.4. The molecule has 0 aliphatic rings. The van der Waals surface area contributed by atoms with E-state index in [1.54, 1.807) is 43.6 Å². The average molecular weight is 321 g/mol. The predicted octanol–water partition coefficient (Wildman–Crippen LogP) is 1.52. The van der Waals surface area contributed by atoms with Crippen molar-refractivity contribution in [2.24, 2.45) is 5.73 Å². The van der Waals surface area contributed by atoms with Gasteiger partial charge in [0.2, 0.25) is 5.91 Å². The SMILES string of the molecule is Cc1ccc(C(=O)NC(C)(Cn2cccn2)C(N)=O)cc1Cl. The first kappa shape index (κ1) is 16.0. The largest absolute Gasteiger partial charge is 0.368 e. The van der Waals surface area contributed by atoms with Crippen molar-refractivity contribution in [3.63, 3.8) is 0 Å². The Hall–Kier alpha value is -2.34. The molecule has 0 radical (unpaired) electrons. The van der Waals surface area contributed by atoms with Crippen molar-refractivity contribution in [2.45, 2.75) is 25.9 Å². The Morgan fingerprint density at radius 2 is 2.18 bits per heavy atom. The molecule has 0 bridgehead atoms. The molecule has 1 aromatic heterocycles. The number of benzene rings is 1. The first-order valence-corrected chi connectivity index (χ1v) is 7.05. The van der Waals surface area contributed by atoms with Crippen LogP contribution in [-0.4, -0.2) is 27.1 Å². The third-order valence-corrected chi connectivity index (χ3v) is 3.81. The number of aryl methyl sites for hydroxylation is 1. The number of primary amides is 1. The third-order valence-electron chi connectivity index (χ3n) is 3.40. The Morgan fingerprint density at radius 1 is 1.45 bits per heavy atom. The summed E-state index contributed by atoms with van der Waals surface area (Å²) in [4.78, 5) is 24.1. The van der Waals surface area contributed by atoms with Gasteiger partial charge >= 0.3 is 0 Å². The number of nitrogens with zero attached hydrogens (tertiary/aromatic N) is 2. The summed E-state index contributed by atoms with van der Waals surface area (Å²) in [5.74, 6) is -1.06. The lowest BCUT2D eigenvalue weighted by atomic mass is 10.0. The molecule has 0 saturated heterocycles. The van der Waals surface area contributed by atoms with Gasteiger partial charge in [0.15, 0.2) is 0 Å². The molecule has 0 saturated carbocycles. The summed E-state index contributed by atoms with van der Waals surface area (Å²) in [7, 11) is 0. The molecule has 1 atom stereocenters. The van der Waals surface area contributed by atoms with E-state index in [4.69, 9.17) is 17.3 Å². The third kappa shape index (κ3) is 3.46. The first-order chi connectivity index (χ1) is 10.3. The summed E-state index contributed by atoms with van der Waals surface area (Å²) in [6.07, 6.45) is 3.28. The Bertz CT molecular complexity index is 700. The van der Waals surface area contributed by atoms with Crippen molar-refractivity contribution in [3.05, 3.63) is 52.8 Å². The van der Waals surface area contributed by atoms with E-state index in [0.29, 0.717) is 10.6 Å². The van der Waals surface area contributed by atoms with Gasteiger partial charge in [0.1, 0.15) is 5.54 Å². The molecule has 0 aliphatic heterocycles. The highest BCUT2D eigenvalue weighted by Gasteiger charge is 2.34. The number of nitrogens with one attached hydrogen (secondary N) is 1. The van der Waals surface area contributed by atoms with Crippen molar-refractivity contribution in [3.8, 4) is 0 Å². The van der Waals surface area contributed by atoms with Crippen LogP contribution in [0, 0.1) is 6.92 Å². The van der Waals surface area contributed by atoms with Crippen LogP contribution in [0.15, 0.2) is 36.7 Å². The minimum absolute atomic E-state index is 0.140. The first-order valence-electron chi connectivity index (χ1n) is 6.68. The van der Waals surface area contributed by atoms with E-state index in [-0.39, 0.29) is 6.54 Å². The molecule has 1 heterocycles. The fourth-order valence-electron chi connectivity index (χ4n) is 1.95. The minimum Gasteiger partial charge on any atom is -0.368 e. The van der Waals surface area contributed by atoms with Gasteiger partial charge in [-0.25, -0.2) is 0 Å². The number of halogens is 1. The van der Waals surface area contributed by atoms with Gasteiger partial charge in [0, 0.05) is 23.0 Å². The zero-order valence-electron chi connectivity index (χ0n) is 12.3. The molecule has 2 aromatic rings. The zero-order chi connectivity index (χ0) is 16.3. The van der Waals surface area contributed by atoms with Gasteiger partial charge in [0.25, 0.3) is 5.91 Å². The Kier molecular flexibility index (Phi) is 4.51. The summed E-state index contributed by atoms with van der Waals surface area (Å²) >= 11 is 6.02. The van der Waals surface area contributed by atoms with Crippen molar-refractivity contribution in [1.82, 2.24) is 15.1 Å². The lowest BCUT2D eigenvalue weighted by Gasteiger charge is -2.27. The topological polar surface area (TPSA) is 90.0 Å². The zero-order valence-corrected chi connectivity index (χ0v) is 13.1. The van der Waals surface area contributed by atoms with Crippen LogP contribution in [-0.2, 0) is 11.3 Å². The molecule has 2 rings (SSSR count). The molecule has 3 N–H and O–H groups in total. The molecule has 2 amide bonds. The van der Waals surface area contributed by atoms with Gasteiger partial charge in [-0.2, -0.15) is 5.10 Å². The summed E-state index contributed by atoms with van der Waals surface area (Å²) in [6, 6.07) is 6.67. The number of amides is 2. The van der Waals surface area contributed by atoms with Crippen LogP contribution in [0.25, 0.3) is 0 Å². The second-order valence-electron chi connectivity index (χ2n) is 5.32. The van der Waals surface area contributed by atoms with Crippen LogP contribution in [0.2, 0.25) is 5.02 Å². The average Bonchev–Trinajstić information content (AvgIpc) is 2.94. The van der Waals surface area contributed by atoms with Crippen molar-refractivity contribution in [2.75, 3.05) is 0 Å². The Balaban J connectivity index is 2.21. The number of carbonyl (C=O) groups is 2. The highest BCUT2D eigenvalue weighted by atomic mass is 35.5. The molecule has 1 unspecified atom stereocenters. The number of nitrogens with two attached hydrogens (primary N) is 1. The smallest absolute Gasteiger partial charge is 0.252 e. The van der Waals surface area contributed by atoms with E-state index in [9.17, 15) is 9.59 Å². The van der Waals surface area contributed by atoms with Gasteiger partial charge in [-0.05, 0) is 37.6 Å². The van der Waals surface area contributed by atoms with E-state index in [0.717, 1.165) is 5.56 Å². The maximum absolute atomic E-state index is 12.3. The monoisotopic (exact) mass is 320 g/mol. The second-order valence-corrected chi connectivity index (χ2v) is 5.73. The molecule has 0 fully saturated rings. The molecule has 22 heavy (non-hydrogen) atoms. The molecule has 6 nitrogen and oxygen atoms in total. The Morgan fingerprint density at radius 3 is 2.73 bits per heavy atom. The maximum Gasteiger partial charge on any atom is 0.252 e. The van der Waals surface area contributed by atoms with Gasteiger partial charge in [-0.1, -0.05) is 17.7 Å². The van der Waals surface area contributed by atoms with E-state index in [1.807, 2.05) is 6.92 Å². The van der Waals surface area contributed by atoms with E-state index in [2.05, 4.69) is 10.4 Å². The van der Waals surface area contributed by atoms with E-state index < -0.39 is 17.4 Å². The molecule has 0 aliphatic carbocycles. The van der Waals surface area contributed by atoms with Crippen molar-refractivity contribution < 1.29 is 9.59 Å². The summed E-state index contributed by atoms with van der Waals surface area (Å²) in [6.45, 7) is 3.54.